The minimum Gasteiger partial charge on any atom is -0.333 e. The van der Waals surface area contributed by atoms with Crippen LogP contribution < -0.4 is 5.56 Å². The minimum atomic E-state index is -0.139. The Kier molecular flexibility index (Phi) is 3.03. The summed E-state index contributed by atoms with van der Waals surface area (Å²) < 4.78 is 3.60. The monoisotopic (exact) mass is 350 g/mol. The van der Waals surface area contributed by atoms with Gasteiger partial charge >= 0.3 is 0 Å². The molecule has 0 unspecified atom stereocenters. The standard InChI is InChI=1S/C19H15ClN4O/c1-23-10-22-17-18(23)13-7-6-12(20)9-15(13)24(19(17)25)14-3-2-8-21-16(14)11-4-5-11/h2-3,6-11H,4-5H2,1H3. The fraction of sp³-hybridized carbons (Fsp3) is 0.211. The van der Waals surface area contributed by atoms with Crippen LogP contribution >= 0.6 is 11.6 Å². The van der Waals surface area contributed by atoms with Crippen LogP contribution in [0.2, 0.25) is 5.02 Å². The predicted octanol–water partition coefficient (Wildman–Crippen LogP) is 3.80. The van der Waals surface area contributed by atoms with Crippen molar-refractivity contribution in [2.24, 2.45) is 7.05 Å². The summed E-state index contributed by atoms with van der Waals surface area (Å²) in [7, 11) is 1.90. The maximum Gasteiger partial charge on any atom is 0.283 e. The van der Waals surface area contributed by atoms with Crippen molar-refractivity contribution >= 4 is 33.5 Å². The zero-order valence-electron chi connectivity index (χ0n) is 13.6. The van der Waals surface area contributed by atoms with Gasteiger partial charge in [0, 0.05) is 29.6 Å². The molecule has 3 aromatic heterocycles. The maximum absolute atomic E-state index is 13.3. The molecule has 1 aliphatic rings. The van der Waals surface area contributed by atoms with Gasteiger partial charge in [-0.2, -0.15) is 0 Å². The van der Waals surface area contributed by atoms with Crippen LogP contribution in [0.3, 0.4) is 0 Å². The highest BCUT2D eigenvalue weighted by atomic mass is 35.5. The van der Waals surface area contributed by atoms with E-state index in [2.05, 4.69) is 9.97 Å². The Bertz CT molecular complexity index is 1200. The van der Waals surface area contributed by atoms with Gasteiger partial charge in [-0.3, -0.25) is 14.3 Å². The zero-order valence-corrected chi connectivity index (χ0v) is 14.4. The van der Waals surface area contributed by atoms with Crippen molar-refractivity contribution in [2.45, 2.75) is 18.8 Å². The second-order valence-corrected chi connectivity index (χ2v) is 6.97. The number of nitrogens with zero attached hydrogens (tertiary/aromatic N) is 4. The van der Waals surface area contributed by atoms with Crippen LogP contribution in [0.15, 0.2) is 47.7 Å². The van der Waals surface area contributed by atoms with Crippen molar-refractivity contribution in [3.05, 3.63) is 63.9 Å². The lowest BCUT2D eigenvalue weighted by Crippen LogP contribution is -2.21. The lowest BCUT2D eigenvalue weighted by Gasteiger charge is -2.15. The molecule has 0 saturated heterocycles. The Morgan fingerprint density at radius 1 is 1.20 bits per heavy atom. The van der Waals surface area contributed by atoms with Crippen molar-refractivity contribution in [2.75, 3.05) is 0 Å². The van der Waals surface area contributed by atoms with E-state index < -0.39 is 0 Å². The Hall–Kier alpha value is -2.66. The average Bonchev–Trinajstić information content (AvgIpc) is 3.38. The molecule has 4 aromatic rings. The van der Waals surface area contributed by atoms with Gasteiger partial charge < -0.3 is 4.57 Å². The van der Waals surface area contributed by atoms with E-state index in [9.17, 15) is 4.79 Å². The molecular formula is C19H15ClN4O. The molecule has 1 saturated carbocycles. The summed E-state index contributed by atoms with van der Waals surface area (Å²) in [5.74, 6) is 0.428. The number of rotatable bonds is 2. The van der Waals surface area contributed by atoms with E-state index >= 15 is 0 Å². The van der Waals surface area contributed by atoms with Crippen LogP contribution in [-0.4, -0.2) is 19.1 Å². The second-order valence-electron chi connectivity index (χ2n) is 6.54. The second kappa shape index (κ2) is 5.17. The molecule has 124 valence electrons. The van der Waals surface area contributed by atoms with Gasteiger partial charge in [0.15, 0.2) is 5.52 Å². The first-order chi connectivity index (χ1) is 12.1. The first kappa shape index (κ1) is 14.7. The normalized spacial score (nSPS) is 14.5. The van der Waals surface area contributed by atoms with E-state index in [1.807, 2.05) is 41.9 Å². The van der Waals surface area contributed by atoms with E-state index in [-0.39, 0.29) is 5.56 Å². The molecule has 1 aliphatic carbocycles. The number of fused-ring (bicyclic) bond motifs is 3. The third-order valence-electron chi connectivity index (χ3n) is 4.82. The van der Waals surface area contributed by atoms with Crippen LogP contribution in [0.5, 0.6) is 0 Å². The fourth-order valence-electron chi connectivity index (χ4n) is 3.52. The van der Waals surface area contributed by atoms with Gasteiger partial charge in [0.2, 0.25) is 0 Å². The lowest BCUT2D eigenvalue weighted by molar-refractivity contribution is 0.941. The number of benzene rings is 1. The van der Waals surface area contributed by atoms with Crippen LogP contribution in [0, 0.1) is 0 Å². The number of aryl methyl sites for hydroxylation is 1. The predicted molar refractivity (Wildman–Crippen MR) is 98.6 cm³/mol. The van der Waals surface area contributed by atoms with E-state index in [0.717, 1.165) is 40.6 Å². The van der Waals surface area contributed by atoms with Crippen LogP contribution in [0.1, 0.15) is 24.5 Å². The molecule has 0 N–H and O–H groups in total. The summed E-state index contributed by atoms with van der Waals surface area (Å²) in [6.07, 6.45) is 5.69. The molecule has 0 bridgehead atoms. The Morgan fingerprint density at radius 3 is 2.84 bits per heavy atom. The lowest BCUT2D eigenvalue weighted by atomic mass is 10.1. The molecular weight excluding hydrogens is 336 g/mol. The summed E-state index contributed by atoms with van der Waals surface area (Å²) >= 11 is 6.26. The van der Waals surface area contributed by atoms with Crippen LogP contribution in [0.4, 0.5) is 0 Å². The molecule has 0 atom stereocenters. The van der Waals surface area contributed by atoms with Gasteiger partial charge in [-0.25, -0.2) is 4.98 Å². The zero-order chi connectivity index (χ0) is 17.1. The summed E-state index contributed by atoms with van der Waals surface area (Å²) in [4.78, 5) is 22.2. The summed E-state index contributed by atoms with van der Waals surface area (Å²) in [6.45, 7) is 0. The largest absolute Gasteiger partial charge is 0.333 e. The van der Waals surface area contributed by atoms with E-state index in [4.69, 9.17) is 11.6 Å². The third-order valence-corrected chi connectivity index (χ3v) is 5.05. The Labute approximate surface area is 148 Å². The molecule has 6 heteroatoms. The number of pyridine rings is 2. The third kappa shape index (κ3) is 2.12. The highest BCUT2D eigenvalue weighted by molar-refractivity contribution is 6.31. The Morgan fingerprint density at radius 2 is 2.04 bits per heavy atom. The number of hydrogen-bond acceptors (Lipinski definition) is 3. The Balaban J connectivity index is 2.00. The highest BCUT2D eigenvalue weighted by Gasteiger charge is 2.29. The van der Waals surface area contributed by atoms with E-state index in [1.165, 1.54) is 0 Å². The van der Waals surface area contributed by atoms with Crippen molar-refractivity contribution < 1.29 is 0 Å². The van der Waals surface area contributed by atoms with Crippen molar-refractivity contribution in [3.63, 3.8) is 0 Å². The summed E-state index contributed by atoms with van der Waals surface area (Å²) in [6, 6.07) is 9.46. The van der Waals surface area contributed by atoms with Gasteiger partial charge in [-0.15, -0.1) is 0 Å². The number of hydrogen-bond donors (Lipinski definition) is 0. The van der Waals surface area contributed by atoms with E-state index in [0.29, 0.717) is 16.5 Å². The van der Waals surface area contributed by atoms with Gasteiger partial charge in [-0.1, -0.05) is 11.6 Å². The van der Waals surface area contributed by atoms with Gasteiger partial charge in [-0.05, 0) is 43.2 Å². The number of halogens is 1. The van der Waals surface area contributed by atoms with Crippen molar-refractivity contribution in [1.29, 1.82) is 0 Å². The van der Waals surface area contributed by atoms with Gasteiger partial charge in [0.1, 0.15) is 0 Å². The number of imidazole rings is 1. The maximum atomic E-state index is 13.3. The average molecular weight is 351 g/mol. The quantitative estimate of drug-likeness (QED) is 0.552. The molecule has 0 amide bonds. The topological polar surface area (TPSA) is 52.7 Å². The smallest absolute Gasteiger partial charge is 0.283 e. The van der Waals surface area contributed by atoms with Crippen LogP contribution in [0.25, 0.3) is 27.6 Å². The molecule has 1 fully saturated rings. The van der Waals surface area contributed by atoms with Crippen molar-refractivity contribution in [3.8, 4) is 5.69 Å². The minimum absolute atomic E-state index is 0.139. The van der Waals surface area contributed by atoms with Crippen LogP contribution in [-0.2, 0) is 7.05 Å². The summed E-state index contributed by atoms with van der Waals surface area (Å²) in [5.41, 5.74) is 3.73. The molecule has 0 aliphatic heterocycles. The SMILES string of the molecule is Cn1cnc2c(=O)n(-c3cccnc3C3CC3)c3cc(Cl)ccc3c21. The molecule has 5 rings (SSSR count). The molecule has 0 spiro atoms. The van der Waals surface area contributed by atoms with E-state index in [1.54, 1.807) is 17.1 Å². The molecule has 1 aromatic carbocycles. The highest BCUT2D eigenvalue weighted by Crippen LogP contribution is 2.41. The molecule has 3 heterocycles. The summed E-state index contributed by atoms with van der Waals surface area (Å²) in [5, 5.41) is 1.55. The first-order valence-electron chi connectivity index (χ1n) is 8.26. The van der Waals surface area contributed by atoms with Gasteiger partial charge in [0.05, 0.1) is 28.7 Å². The molecule has 25 heavy (non-hydrogen) atoms. The molecule has 5 nitrogen and oxygen atoms in total. The fourth-order valence-corrected chi connectivity index (χ4v) is 3.68. The number of aromatic nitrogens is 4. The molecule has 0 radical (unpaired) electrons. The van der Waals surface area contributed by atoms with Gasteiger partial charge in [0.25, 0.3) is 5.56 Å². The first-order valence-corrected chi connectivity index (χ1v) is 8.63. The van der Waals surface area contributed by atoms with Crippen molar-refractivity contribution in [1.82, 2.24) is 19.1 Å².